The molecule has 1 atom stereocenters. The van der Waals surface area contributed by atoms with Crippen LogP contribution < -0.4 is 9.62 Å². The number of hydrogen-bond donors (Lipinski definition) is 1. The third-order valence-corrected chi connectivity index (χ3v) is 7.24. The van der Waals surface area contributed by atoms with E-state index in [1.54, 1.807) is 23.1 Å². The summed E-state index contributed by atoms with van der Waals surface area (Å²) in [5.74, 6) is 0.0724. The molecule has 0 saturated carbocycles. The fourth-order valence-electron chi connectivity index (χ4n) is 4.08. The average molecular weight is 409 g/mol. The van der Waals surface area contributed by atoms with Gasteiger partial charge in [0.05, 0.1) is 4.90 Å². The molecule has 2 aliphatic rings. The molecule has 1 fully saturated rings. The van der Waals surface area contributed by atoms with Crippen molar-refractivity contribution >= 4 is 21.6 Å². The largest absolute Gasteiger partial charge is 0.309 e. The fraction of sp³-hybridized carbons (Fsp3) is 0.650. The molecule has 2 aliphatic heterocycles. The molecular weight excluding hydrogens is 376 g/mol. The number of carbonyl (C=O) groups is 1. The number of hydrogen-bond acceptors (Lipinski definition) is 5. The van der Waals surface area contributed by atoms with Crippen LogP contribution in [0.2, 0.25) is 0 Å². The topological polar surface area (TPSA) is 73.0 Å². The number of fused-ring (bicyclic) bond motifs is 1. The smallest absolute Gasteiger partial charge is 0.240 e. The fourth-order valence-corrected chi connectivity index (χ4v) is 5.15. The molecule has 2 heterocycles. The van der Waals surface area contributed by atoms with Crippen LogP contribution in [0.25, 0.3) is 0 Å². The highest BCUT2D eigenvalue weighted by molar-refractivity contribution is 7.89. The van der Waals surface area contributed by atoms with Gasteiger partial charge in [0.2, 0.25) is 15.9 Å². The number of likely N-dealkylation sites (N-methyl/N-ethyl adjacent to an activating group) is 1. The molecule has 7 nitrogen and oxygen atoms in total. The van der Waals surface area contributed by atoms with Crippen LogP contribution in [-0.2, 0) is 21.2 Å². The first-order valence-corrected chi connectivity index (χ1v) is 11.7. The maximum atomic E-state index is 12.7. The van der Waals surface area contributed by atoms with Crippen LogP contribution in [0.3, 0.4) is 0 Å². The van der Waals surface area contributed by atoms with Crippen LogP contribution in [0.4, 0.5) is 5.69 Å². The number of nitrogens with one attached hydrogen (secondary N) is 1. The van der Waals surface area contributed by atoms with Gasteiger partial charge in [0.25, 0.3) is 0 Å². The molecule has 156 valence electrons. The van der Waals surface area contributed by atoms with Crippen molar-refractivity contribution < 1.29 is 13.2 Å². The Morgan fingerprint density at radius 3 is 2.46 bits per heavy atom. The third-order valence-electron chi connectivity index (χ3n) is 5.78. The number of rotatable bonds is 7. The summed E-state index contributed by atoms with van der Waals surface area (Å²) in [6.45, 7) is 12.2. The Hall–Kier alpha value is -1.48. The maximum absolute atomic E-state index is 12.7. The van der Waals surface area contributed by atoms with Crippen molar-refractivity contribution in [3.63, 3.8) is 0 Å². The average Bonchev–Trinajstić information content (AvgIpc) is 3.02. The Kier molecular flexibility index (Phi) is 6.75. The van der Waals surface area contributed by atoms with Crippen LogP contribution in [0, 0.1) is 0 Å². The second-order valence-electron chi connectivity index (χ2n) is 7.63. The van der Waals surface area contributed by atoms with Crippen molar-refractivity contribution in [1.82, 2.24) is 14.5 Å². The summed E-state index contributed by atoms with van der Waals surface area (Å²) in [4.78, 5) is 19.0. The Balaban J connectivity index is 1.60. The first-order chi connectivity index (χ1) is 13.4. The van der Waals surface area contributed by atoms with Crippen LogP contribution in [0.1, 0.15) is 32.8 Å². The van der Waals surface area contributed by atoms with Crippen LogP contribution >= 0.6 is 0 Å². The van der Waals surface area contributed by atoms with Gasteiger partial charge in [-0.05, 0) is 43.7 Å². The van der Waals surface area contributed by atoms with Gasteiger partial charge in [-0.3, -0.25) is 9.69 Å². The molecule has 1 amide bonds. The lowest BCUT2D eigenvalue weighted by Crippen LogP contribution is -2.48. The van der Waals surface area contributed by atoms with E-state index in [2.05, 4.69) is 21.4 Å². The molecule has 1 saturated heterocycles. The number of anilines is 1. The summed E-state index contributed by atoms with van der Waals surface area (Å²) >= 11 is 0. The Bertz CT molecular complexity index is 804. The highest BCUT2D eigenvalue weighted by Crippen LogP contribution is 2.34. The molecule has 1 aromatic rings. The molecule has 0 radical (unpaired) electrons. The summed E-state index contributed by atoms with van der Waals surface area (Å²) in [5.41, 5.74) is 1.76. The highest BCUT2D eigenvalue weighted by atomic mass is 32.2. The van der Waals surface area contributed by atoms with E-state index in [9.17, 15) is 13.2 Å². The minimum Gasteiger partial charge on any atom is -0.309 e. The van der Waals surface area contributed by atoms with Crippen molar-refractivity contribution in [1.29, 1.82) is 0 Å². The molecule has 0 aromatic heterocycles. The number of nitrogens with zero attached hydrogens (tertiary/aromatic N) is 3. The van der Waals surface area contributed by atoms with Crippen LogP contribution in [0.15, 0.2) is 23.1 Å². The molecule has 3 rings (SSSR count). The van der Waals surface area contributed by atoms with Crippen molar-refractivity contribution in [3.8, 4) is 0 Å². The van der Waals surface area contributed by atoms with Gasteiger partial charge in [-0.25, -0.2) is 13.1 Å². The van der Waals surface area contributed by atoms with Gasteiger partial charge in [-0.2, -0.15) is 0 Å². The van der Waals surface area contributed by atoms with E-state index >= 15 is 0 Å². The predicted molar refractivity (Wildman–Crippen MR) is 111 cm³/mol. The Labute approximate surface area is 168 Å². The van der Waals surface area contributed by atoms with Crippen molar-refractivity contribution in [3.05, 3.63) is 23.8 Å². The van der Waals surface area contributed by atoms with Gasteiger partial charge in [-0.15, -0.1) is 0 Å². The van der Waals surface area contributed by atoms with E-state index in [1.807, 2.05) is 13.8 Å². The predicted octanol–water partition coefficient (Wildman–Crippen LogP) is 1.29. The molecule has 1 N–H and O–H groups in total. The number of piperazine rings is 1. The van der Waals surface area contributed by atoms with Crippen molar-refractivity contribution in [2.24, 2.45) is 0 Å². The minimum atomic E-state index is -3.55. The lowest BCUT2D eigenvalue weighted by atomic mass is 10.1. The summed E-state index contributed by atoms with van der Waals surface area (Å²) < 4.78 is 28.1. The van der Waals surface area contributed by atoms with Crippen molar-refractivity contribution in [2.75, 3.05) is 50.7 Å². The summed E-state index contributed by atoms with van der Waals surface area (Å²) in [7, 11) is -3.55. The molecule has 28 heavy (non-hydrogen) atoms. The number of carbonyl (C=O) groups excluding carboxylic acids is 1. The summed E-state index contributed by atoms with van der Waals surface area (Å²) in [6, 6.07) is 5.16. The van der Waals surface area contributed by atoms with Gasteiger partial charge < -0.3 is 9.80 Å². The number of benzene rings is 1. The first kappa shape index (κ1) is 21.2. The van der Waals surface area contributed by atoms with E-state index < -0.39 is 10.0 Å². The van der Waals surface area contributed by atoms with Gasteiger partial charge in [0.1, 0.15) is 0 Å². The zero-order chi connectivity index (χ0) is 20.3. The van der Waals surface area contributed by atoms with Crippen LogP contribution in [-0.4, -0.2) is 76.0 Å². The second-order valence-corrected chi connectivity index (χ2v) is 9.40. The van der Waals surface area contributed by atoms with Gasteiger partial charge in [0, 0.05) is 57.4 Å². The molecule has 0 aliphatic carbocycles. The minimum absolute atomic E-state index is 0.0650. The SMILES string of the molecule is CCC(=O)N1c2ccc(S(=O)(=O)NCCN3CCN(CC)CC3)cc2CC1C. The van der Waals surface area contributed by atoms with Gasteiger partial charge >= 0.3 is 0 Å². The summed E-state index contributed by atoms with van der Waals surface area (Å²) in [5, 5.41) is 0. The van der Waals surface area contributed by atoms with E-state index in [0.717, 1.165) is 50.5 Å². The van der Waals surface area contributed by atoms with E-state index in [0.29, 0.717) is 19.4 Å². The summed E-state index contributed by atoms with van der Waals surface area (Å²) in [6.07, 6.45) is 1.13. The lowest BCUT2D eigenvalue weighted by molar-refractivity contribution is -0.118. The highest BCUT2D eigenvalue weighted by Gasteiger charge is 2.31. The second kappa shape index (κ2) is 8.90. The van der Waals surface area contributed by atoms with E-state index in [1.165, 1.54) is 0 Å². The zero-order valence-electron chi connectivity index (χ0n) is 17.1. The van der Waals surface area contributed by atoms with Crippen molar-refractivity contribution in [2.45, 2.75) is 44.6 Å². The van der Waals surface area contributed by atoms with Gasteiger partial charge in [0.15, 0.2) is 0 Å². The normalized spacial score (nSPS) is 21.1. The first-order valence-electron chi connectivity index (χ1n) is 10.2. The maximum Gasteiger partial charge on any atom is 0.240 e. The van der Waals surface area contributed by atoms with Gasteiger partial charge in [-0.1, -0.05) is 13.8 Å². The number of sulfonamides is 1. The van der Waals surface area contributed by atoms with E-state index in [4.69, 9.17) is 0 Å². The molecule has 1 aromatic carbocycles. The molecule has 0 spiro atoms. The zero-order valence-corrected chi connectivity index (χ0v) is 18.0. The number of amides is 1. The monoisotopic (exact) mass is 408 g/mol. The standard InChI is InChI=1S/C20H32N4O3S/c1-4-20(25)24-16(3)14-17-15-18(6-7-19(17)24)28(26,27)21-8-9-23-12-10-22(5-2)11-13-23/h6-7,15-16,21H,4-5,8-14H2,1-3H3. The lowest BCUT2D eigenvalue weighted by Gasteiger charge is -2.33. The Morgan fingerprint density at radius 1 is 1.14 bits per heavy atom. The molecule has 8 heteroatoms. The van der Waals surface area contributed by atoms with E-state index in [-0.39, 0.29) is 16.8 Å². The molecule has 1 unspecified atom stereocenters. The molecular formula is C20H32N4O3S. The third kappa shape index (κ3) is 4.56. The Morgan fingerprint density at radius 2 is 1.82 bits per heavy atom. The molecule has 0 bridgehead atoms. The van der Waals surface area contributed by atoms with Crippen LogP contribution in [0.5, 0.6) is 0 Å². The quantitative estimate of drug-likeness (QED) is 0.736.